The van der Waals surface area contributed by atoms with E-state index < -0.39 is 0 Å². The number of piperidine rings is 1. The molecule has 2 unspecified atom stereocenters. The van der Waals surface area contributed by atoms with Gasteiger partial charge in [0.25, 0.3) is 0 Å². The number of carbonyl (C=O) groups excluding carboxylic acids is 1. The Bertz CT molecular complexity index is 784. The zero-order valence-electron chi connectivity index (χ0n) is 13.9. The molecule has 1 aromatic carbocycles. The number of fused-ring (bicyclic) bond motifs is 1. The van der Waals surface area contributed by atoms with Crippen molar-refractivity contribution in [3.63, 3.8) is 0 Å². The van der Waals surface area contributed by atoms with Crippen LogP contribution in [0.15, 0.2) is 35.3 Å². The number of nitrogens with zero attached hydrogens (tertiary/aromatic N) is 3. The molecule has 1 saturated heterocycles. The van der Waals surface area contributed by atoms with Gasteiger partial charge in [-0.1, -0.05) is 12.1 Å². The smallest absolute Gasteiger partial charge is 0.224 e. The molecule has 24 heavy (non-hydrogen) atoms. The van der Waals surface area contributed by atoms with E-state index in [1.54, 1.807) is 17.7 Å². The number of likely N-dealkylation sites (tertiary alicyclic amines) is 1. The molecule has 1 aliphatic heterocycles. The molecule has 6 heteroatoms. The molecule has 1 aromatic heterocycles. The Balaban J connectivity index is 1.69. The standard InChI is InChI=1S/C18H23N3O3/c1-13(22)14-5-4-9-20(12-14)18(24)8-10-21-16-7-3-2-6-15(16)17(23)11-19-21/h2-3,6-7,11,13-14,22H,4-5,8-10,12H2,1H3. The second-order valence-corrected chi connectivity index (χ2v) is 6.48. The van der Waals surface area contributed by atoms with Crippen molar-refractivity contribution in [3.05, 3.63) is 40.7 Å². The summed E-state index contributed by atoms with van der Waals surface area (Å²) in [6.45, 7) is 3.60. The van der Waals surface area contributed by atoms with Gasteiger partial charge in [0.2, 0.25) is 11.3 Å². The lowest BCUT2D eigenvalue weighted by atomic mass is 9.93. The third-order valence-corrected chi connectivity index (χ3v) is 4.79. The van der Waals surface area contributed by atoms with Crippen molar-refractivity contribution in [2.24, 2.45) is 5.92 Å². The van der Waals surface area contributed by atoms with E-state index in [-0.39, 0.29) is 23.4 Å². The first kappa shape index (κ1) is 16.6. The summed E-state index contributed by atoms with van der Waals surface area (Å²) in [5.74, 6) is 0.235. The highest BCUT2D eigenvalue weighted by molar-refractivity contribution is 5.79. The number of rotatable bonds is 4. The molecule has 2 atom stereocenters. The number of aromatic nitrogens is 2. The van der Waals surface area contributed by atoms with Crippen LogP contribution in [0.2, 0.25) is 0 Å². The van der Waals surface area contributed by atoms with Gasteiger partial charge in [0.1, 0.15) is 0 Å². The summed E-state index contributed by atoms with van der Waals surface area (Å²) in [5, 5.41) is 14.5. The Labute approximate surface area is 140 Å². The lowest BCUT2D eigenvalue weighted by molar-refractivity contribution is -0.134. The van der Waals surface area contributed by atoms with Gasteiger partial charge in [0.15, 0.2) is 0 Å². The minimum Gasteiger partial charge on any atom is -0.393 e. The van der Waals surface area contributed by atoms with Crippen LogP contribution in [0.1, 0.15) is 26.2 Å². The molecule has 0 saturated carbocycles. The summed E-state index contributed by atoms with van der Waals surface area (Å²) in [4.78, 5) is 26.2. The Kier molecular flexibility index (Phi) is 4.94. The van der Waals surface area contributed by atoms with E-state index in [1.165, 1.54) is 6.20 Å². The number of hydrogen-bond donors (Lipinski definition) is 1. The third-order valence-electron chi connectivity index (χ3n) is 4.79. The van der Waals surface area contributed by atoms with E-state index in [0.29, 0.717) is 24.9 Å². The predicted molar refractivity (Wildman–Crippen MR) is 91.6 cm³/mol. The number of hydrogen-bond acceptors (Lipinski definition) is 4. The second-order valence-electron chi connectivity index (χ2n) is 6.48. The number of amides is 1. The van der Waals surface area contributed by atoms with E-state index in [1.807, 2.05) is 23.1 Å². The topological polar surface area (TPSA) is 75.4 Å². The average molecular weight is 329 g/mol. The SMILES string of the molecule is CC(O)C1CCCN(C(=O)CCn2ncc(=O)c3ccccc32)C1. The van der Waals surface area contributed by atoms with Gasteiger partial charge in [0, 0.05) is 30.8 Å². The number of aryl methyl sites for hydroxylation is 1. The van der Waals surface area contributed by atoms with E-state index in [4.69, 9.17) is 0 Å². The van der Waals surface area contributed by atoms with E-state index in [9.17, 15) is 14.7 Å². The molecule has 1 fully saturated rings. The fourth-order valence-electron chi connectivity index (χ4n) is 3.33. The van der Waals surface area contributed by atoms with Gasteiger partial charge in [-0.2, -0.15) is 5.10 Å². The van der Waals surface area contributed by atoms with Crippen molar-refractivity contribution < 1.29 is 9.90 Å². The average Bonchev–Trinajstić information content (AvgIpc) is 2.61. The molecule has 6 nitrogen and oxygen atoms in total. The van der Waals surface area contributed by atoms with Crippen molar-refractivity contribution in [1.29, 1.82) is 0 Å². The molecule has 3 rings (SSSR count). The maximum atomic E-state index is 12.5. The van der Waals surface area contributed by atoms with Gasteiger partial charge >= 0.3 is 0 Å². The second kappa shape index (κ2) is 7.13. The van der Waals surface area contributed by atoms with Crippen LogP contribution in [0.25, 0.3) is 10.9 Å². The summed E-state index contributed by atoms with van der Waals surface area (Å²) in [6, 6.07) is 7.30. The van der Waals surface area contributed by atoms with Crippen LogP contribution in [-0.4, -0.2) is 44.9 Å². The fourth-order valence-corrected chi connectivity index (χ4v) is 3.33. The van der Waals surface area contributed by atoms with Crippen LogP contribution < -0.4 is 5.43 Å². The van der Waals surface area contributed by atoms with E-state index >= 15 is 0 Å². The Hall–Kier alpha value is -2.21. The van der Waals surface area contributed by atoms with E-state index in [0.717, 1.165) is 24.9 Å². The fraction of sp³-hybridized carbons (Fsp3) is 0.500. The van der Waals surface area contributed by atoms with Gasteiger partial charge in [-0.3, -0.25) is 14.3 Å². The molecule has 2 aromatic rings. The monoisotopic (exact) mass is 329 g/mol. The van der Waals surface area contributed by atoms with Crippen LogP contribution in [0.4, 0.5) is 0 Å². The lowest BCUT2D eigenvalue weighted by Gasteiger charge is -2.34. The van der Waals surface area contributed by atoms with Crippen molar-refractivity contribution in [3.8, 4) is 0 Å². The maximum absolute atomic E-state index is 12.5. The van der Waals surface area contributed by atoms with Crippen molar-refractivity contribution in [2.75, 3.05) is 13.1 Å². The Morgan fingerprint density at radius 1 is 1.42 bits per heavy atom. The van der Waals surface area contributed by atoms with Crippen molar-refractivity contribution in [2.45, 2.75) is 38.8 Å². The van der Waals surface area contributed by atoms with Crippen LogP contribution in [0, 0.1) is 5.92 Å². The first-order valence-electron chi connectivity index (χ1n) is 8.47. The Morgan fingerprint density at radius 3 is 3.00 bits per heavy atom. The number of carbonyl (C=O) groups is 1. The minimum absolute atomic E-state index is 0.0740. The first-order chi connectivity index (χ1) is 11.6. The zero-order valence-corrected chi connectivity index (χ0v) is 13.9. The van der Waals surface area contributed by atoms with Crippen LogP contribution in [-0.2, 0) is 11.3 Å². The summed E-state index contributed by atoms with van der Waals surface area (Å²) in [7, 11) is 0. The van der Waals surface area contributed by atoms with Gasteiger partial charge < -0.3 is 10.0 Å². The highest BCUT2D eigenvalue weighted by Crippen LogP contribution is 2.20. The molecule has 0 radical (unpaired) electrons. The van der Waals surface area contributed by atoms with Gasteiger partial charge in [-0.15, -0.1) is 0 Å². The third kappa shape index (κ3) is 3.48. The number of aliphatic hydroxyl groups is 1. The quantitative estimate of drug-likeness (QED) is 0.920. The van der Waals surface area contributed by atoms with Crippen LogP contribution >= 0.6 is 0 Å². The van der Waals surface area contributed by atoms with Crippen LogP contribution in [0.3, 0.4) is 0 Å². The number of para-hydroxylation sites is 1. The summed E-state index contributed by atoms with van der Waals surface area (Å²) >= 11 is 0. The molecule has 1 amide bonds. The molecular weight excluding hydrogens is 306 g/mol. The summed E-state index contributed by atoms with van der Waals surface area (Å²) in [6.07, 6.45) is 3.16. The maximum Gasteiger partial charge on any atom is 0.224 e. The molecule has 1 N–H and O–H groups in total. The van der Waals surface area contributed by atoms with Crippen molar-refractivity contribution in [1.82, 2.24) is 14.7 Å². The Morgan fingerprint density at radius 2 is 2.21 bits per heavy atom. The normalized spacial score (nSPS) is 19.4. The summed E-state index contributed by atoms with van der Waals surface area (Å²) in [5.41, 5.74) is 0.641. The predicted octanol–water partition coefficient (Wildman–Crippen LogP) is 1.41. The molecule has 1 aliphatic rings. The van der Waals surface area contributed by atoms with E-state index in [2.05, 4.69) is 5.10 Å². The molecule has 0 spiro atoms. The molecule has 2 heterocycles. The first-order valence-corrected chi connectivity index (χ1v) is 8.47. The van der Waals surface area contributed by atoms with Crippen molar-refractivity contribution >= 4 is 16.8 Å². The highest BCUT2D eigenvalue weighted by Gasteiger charge is 2.26. The molecule has 0 bridgehead atoms. The summed E-state index contributed by atoms with van der Waals surface area (Å²) < 4.78 is 1.71. The van der Waals surface area contributed by atoms with Gasteiger partial charge in [0.05, 0.1) is 24.4 Å². The van der Waals surface area contributed by atoms with Gasteiger partial charge in [-0.25, -0.2) is 0 Å². The number of benzene rings is 1. The lowest BCUT2D eigenvalue weighted by Crippen LogP contribution is -2.43. The largest absolute Gasteiger partial charge is 0.393 e. The molecular formula is C18H23N3O3. The highest BCUT2D eigenvalue weighted by atomic mass is 16.3. The number of aliphatic hydroxyl groups excluding tert-OH is 1. The zero-order chi connectivity index (χ0) is 17.1. The molecule has 0 aliphatic carbocycles. The minimum atomic E-state index is -0.384. The van der Waals surface area contributed by atoms with Gasteiger partial charge in [-0.05, 0) is 31.9 Å². The van der Waals surface area contributed by atoms with Crippen LogP contribution in [0.5, 0.6) is 0 Å². The molecule has 128 valence electrons.